The highest BCUT2D eigenvalue weighted by Gasteiger charge is 2.33. The molecule has 0 spiro atoms. The van der Waals surface area contributed by atoms with Gasteiger partial charge in [0, 0.05) is 6.54 Å². The lowest BCUT2D eigenvalue weighted by Gasteiger charge is -2.31. The van der Waals surface area contributed by atoms with Crippen LogP contribution in [-0.4, -0.2) is 13.1 Å². The standard InChI is InChI=1S/C15H29N/c1-13(2)7-10-16-12-15(11-14(3)4)8-5-6-9-15/h14,16H,1,5-12H2,2-4H3. The molecule has 0 aromatic heterocycles. The van der Waals surface area contributed by atoms with Gasteiger partial charge in [0.2, 0.25) is 0 Å². The largest absolute Gasteiger partial charge is 0.316 e. The molecule has 16 heavy (non-hydrogen) atoms. The first-order chi connectivity index (χ1) is 7.54. The van der Waals surface area contributed by atoms with E-state index in [4.69, 9.17) is 0 Å². The van der Waals surface area contributed by atoms with Gasteiger partial charge < -0.3 is 5.32 Å². The summed E-state index contributed by atoms with van der Waals surface area (Å²) < 4.78 is 0. The van der Waals surface area contributed by atoms with Crippen LogP contribution in [0.4, 0.5) is 0 Å². The number of rotatable bonds is 7. The van der Waals surface area contributed by atoms with Crippen molar-refractivity contribution in [3.05, 3.63) is 12.2 Å². The third-order valence-electron chi connectivity index (χ3n) is 3.73. The summed E-state index contributed by atoms with van der Waals surface area (Å²) >= 11 is 0. The molecule has 0 bridgehead atoms. The zero-order chi connectivity index (χ0) is 12.0. The molecule has 1 nitrogen and oxygen atoms in total. The van der Waals surface area contributed by atoms with Crippen LogP contribution in [0.15, 0.2) is 12.2 Å². The average Bonchev–Trinajstić information content (AvgIpc) is 2.60. The van der Waals surface area contributed by atoms with Crippen LogP contribution in [0.3, 0.4) is 0 Å². The van der Waals surface area contributed by atoms with Crippen LogP contribution < -0.4 is 5.32 Å². The predicted octanol–water partition coefficient (Wildman–Crippen LogP) is 4.15. The molecule has 0 aliphatic heterocycles. The lowest BCUT2D eigenvalue weighted by molar-refractivity contribution is 0.225. The molecule has 0 radical (unpaired) electrons. The van der Waals surface area contributed by atoms with E-state index < -0.39 is 0 Å². The van der Waals surface area contributed by atoms with Crippen LogP contribution in [0.2, 0.25) is 0 Å². The highest BCUT2D eigenvalue weighted by molar-refractivity contribution is 4.90. The summed E-state index contributed by atoms with van der Waals surface area (Å²) in [4.78, 5) is 0. The minimum absolute atomic E-state index is 0.614. The molecule has 0 atom stereocenters. The third kappa shape index (κ3) is 4.69. The van der Waals surface area contributed by atoms with Crippen molar-refractivity contribution in [1.29, 1.82) is 0 Å². The van der Waals surface area contributed by atoms with Crippen molar-refractivity contribution in [1.82, 2.24) is 5.32 Å². The van der Waals surface area contributed by atoms with Gasteiger partial charge in [-0.3, -0.25) is 0 Å². The van der Waals surface area contributed by atoms with E-state index in [2.05, 4.69) is 32.7 Å². The zero-order valence-corrected chi connectivity index (χ0v) is 11.4. The van der Waals surface area contributed by atoms with E-state index in [0.29, 0.717) is 5.41 Å². The summed E-state index contributed by atoms with van der Waals surface area (Å²) in [5.41, 5.74) is 1.90. The van der Waals surface area contributed by atoms with E-state index in [1.165, 1.54) is 44.2 Å². The van der Waals surface area contributed by atoms with Crippen molar-refractivity contribution in [3.8, 4) is 0 Å². The molecular formula is C15H29N. The third-order valence-corrected chi connectivity index (χ3v) is 3.73. The summed E-state index contributed by atoms with van der Waals surface area (Å²) in [6.45, 7) is 13.1. The Morgan fingerprint density at radius 2 is 1.94 bits per heavy atom. The smallest absolute Gasteiger partial charge is 0.000803 e. The maximum absolute atomic E-state index is 3.95. The van der Waals surface area contributed by atoms with E-state index in [1.807, 2.05) is 0 Å². The Balaban J connectivity index is 2.30. The van der Waals surface area contributed by atoms with Gasteiger partial charge in [-0.25, -0.2) is 0 Å². The molecule has 94 valence electrons. The second-order valence-corrected chi connectivity index (χ2v) is 6.19. The Morgan fingerprint density at radius 1 is 1.31 bits per heavy atom. The van der Waals surface area contributed by atoms with Gasteiger partial charge in [0.15, 0.2) is 0 Å². The summed E-state index contributed by atoms with van der Waals surface area (Å²) in [6.07, 6.45) is 8.27. The lowest BCUT2D eigenvalue weighted by Crippen LogP contribution is -2.33. The van der Waals surface area contributed by atoms with E-state index >= 15 is 0 Å². The van der Waals surface area contributed by atoms with Gasteiger partial charge in [-0.15, -0.1) is 6.58 Å². The second kappa shape index (κ2) is 6.44. The molecule has 1 saturated carbocycles. The van der Waals surface area contributed by atoms with Crippen molar-refractivity contribution in [3.63, 3.8) is 0 Å². The number of nitrogens with one attached hydrogen (secondary N) is 1. The fourth-order valence-electron chi connectivity index (χ4n) is 3.10. The molecule has 0 amide bonds. The van der Waals surface area contributed by atoms with Gasteiger partial charge in [-0.1, -0.05) is 32.3 Å². The molecule has 0 aromatic rings. The first kappa shape index (κ1) is 13.8. The Hall–Kier alpha value is -0.300. The number of hydrogen-bond acceptors (Lipinski definition) is 1. The Labute approximate surface area is 102 Å². The summed E-state index contributed by atoms with van der Waals surface area (Å²) in [7, 11) is 0. The van der Waals surface area contributed by atoms with E-state index in [9.17, 15) is 0 Å². The molecule has 1 aliphatic rings. The van der Waals surface area contributed by atoms with Crippen LogP contribution in [-0.2, 0) is 0 Å². The van der Waals surface area contributed by atoms with Crippen molar-refractivity contribution in [2.75, 3.05) is 13.1 Å². The highest BCUT2D eigenvalue weighted by Crippen LogP contribution is 2.42. The topological polar surface area (TPSA) is 12.0 Å². The Kier molecular flexibility index (Phi) is 5.54. The first-order valence-electron chi connectivity index (χ1n) is 6.89. The van der Waals surface area contributed by atoms with E-state index in [0.717, 1.165) is 18.9 Å². The van der Waals surface area contributed by atoms with Gasteiger partial charge in [0.1, 0.15) is 0 Å². The summed E-state index contributed by atoms with van der Waals surface area (Å²) in [6, 6.07) is 0. The molecule has 0 heterocycles. The first-order valence-corrected chi connectivity index (χ1v) is 6.89. The van der Waals surface area contributed by atoms with E-state index in [1.54, 1.807) is 0 Å². The van der Waals surface area contributed by atoms with Crippen molar-refractivity contribution in [2.24, 2.45) is 11.3 Å². The van der Waals surface area contributed by atoms with Crippen LogP contribution in [0.1, 0.15) is 59.3 Å². The van der Waals surface area contributed by atoms with E-state index in [-0.39, 0.29) is 0 Å². The van der Waals surface area contributed by atoms with Gasteiger partial charge in [-0.2, -0.15) is 0 Å². The SMILES string of the molecule is C=C(C)CCNCC1(CC(C)C)CCCC1. The van der Waals surface area contributed by atoms with Gasteiger partial charge in [0.05, 0.1) is 0 Å². The normalized spacial score (nSPS) is 19.2. The molecule has 0 saturated heterocycles. The summed E-state index contributed by atoms with van der Waals surface area (Å²) in [5, 5.41) is 3.64. The average molecular weight is 223 g/mol. The fourth-order valence-corrected chi connectivity index (χ4v) is 3.10. The van der Waals surface area contributed by atoms with Crippen molar-refractivity contribution < 1.29 is 0 Å². The lowest BCUT2D eigenvalue weighted by atomic mass is 9.78. The molecule has 0 aromatic carbocycles. The predicted molar refractivity (Wildman–Crippen MR) is 72.7 cm³/mol. The summed E-state index contributed by atoms with van der Waals surface area (Å²) in [5.74, 6) is 0.834. The Bertz CT molecular complexity index is 211. The minimum atomic E-state index is 0.614. The quantitative estimate of drug-likeness (QED) is 0.505. The molecule has 1 aliphatic carbocycles. The molecule has 1 N–H and O–H groups in total. The maximum atomic E-state index is 3.95. The second-order valence-electron chi connectivity index (χ2n) is 6.19. The highest BCUT2D eigenvalue weighted by atomic mass is 14.9. The minimum Gasteiger partial charge on any atom is -0.316 e. The molecule has 0 unspecified atom stereocenters. The molecule has 1 rings (SSSR count). The van der Waals surface area contributed by atoms with Gasteiger partial charge in [-0.05, 0) is 50.5 Å². The van der Waals surface area contributed by atoms with Gasteiger partial charge >= 0.3 is 0 Å². The van der Waals surface area contributed by atoms with Crippen molar-refractivity contribution >= 4 is 0 Å². The maximum Gasteiger partial charge on any atom is 0.000803 e. The number of hydrogen-bond donors (Lipinski definition) is 1. The Morgan fingerprint density at radius 3 is 2.44 bits per heavy atom. The fraction of sp³-hybridized carbons (Fsp3) is 0.867. The molecule has 1 heteroatoms. The monoisotopic (exact) mass is 223 g/mol. The van der Waals surface area contributed by atoms with Crippen LogP contribution in [0.5, 0.6) is 0 Å². The van der Waals surface area contributed by atoms with Crippen LogP contribution in [0.25, 0.3) is 0 Å². The van der Waals surface area contributed by atoms with Crippen LogP contribution in [0, 0.1) is 11.3 Å². The molecule has 1 fully saturated rings. The van der Waals surface area contributed by atoms with Crippen molar-refractivity contribution in [2.45, 2.75) is 59.3 Å². The van der Waals surface area contributed by atoms with Crippen LogP contribution >= 0.6 is 0 Å². The molecular weight excluding hydrogens is 194 g/mol. The van der Waals surface area contributed by atoms with Gasteiger partial charge in [0.25, 0.3) is 0 Å². The zero-order valence-electron chi connectivity index (χ0n) is 11.4.